The Morgan fingerprint density at radius 3 is 1.06 bits per heavy atom. The molecule has 16 heterocycles. The molecule has 0 aliphatic carbocycles. The number of para-hydroxylation sites is 2. The quantitative estimate of drug-likeness (QED) is 0.161. The van der Waals surface area contributed by atoms with E-state index in [0.717, 1.165) is 37.6 Å². The van der Waals surface area contributed by atoms with Gasteiger partial charge in [0, 0.05) is 48.5 Å². The summed E-state index contributed by atoms with van der Waals surface area (Å²) in [5, 5.41) is 9.87. The Morgan fingerprint density at radius 2 is 0.680 bits per heavy atom. The highest BCUT2D eigenvalue weighted by molar-refractivity contribution is 5.89. The second-order valence-electron chi connectivity index (χ2n) is 13.2. The lowest BCUT2D eigenvalue weighted by Crippen LogP contribution is -2.34. The van der Waals surface area contributed by atoms with Gasteiger partial charge in [0.25, 0.3) is 0 Å². The van der Waals surface area contributed by atoms with Crippen LogP contribution in [-0.2, 0) is 26.2 Å². The lowest BCUT2D eigenvalue weighted by atomic mass is 10.0. The third kappa shape index (κ3) is 5.97. The zero-order valence-corrected chi connectivity index (χ0v) is 27.9. The summed E-state index contributed by atoms with van der Waals surface area (Å²) in [6, 6.07) is 57.6. The monoisotopic (exact) mass is 646 g/mol. The van der Waals surface area contributed by atoms with Crippen LogP contribution in [0.5, 0.6) is 0 Å². The van der Waals surface area contributed by atoms with Crippen LogP contribution in [0.3, 0.4) is 0 Å². The minimum atomic E-state index is 0.759. The van der Waals surface area contributed by atoms with Crippen molar-refractivity contribution < 1.29 is 9.13 Å². The molecule has 22 rings (SSSR count). The Bertz CT molecular complexity index is 2270. The first-order valence-electron chi connectivity index (χ1n) is 17.4. The molecule has 0 fully saturated rings. The molecule has 4 heteroatoms. The Balaban J connectivity index is 1.07. The standard InChI is InChI=1S/C46H36N4/c1-3-7-45-41(5-1)43-25-27-49(45)31-35-13-21-39(22-14-35)40-23-15-36(16-24-40)32-50-28-26-44(42-6-2-4-8-46(42)50)48-30-34-11-19-38(20-12-34)37-17-9-33(10-18-37)29-47-43/h1-28H,29-32H2/p+2. The molecule has 0 saturated heterocycles. The number of fused-ring (bicyclic) bond motifs is 1. The topological polar surface area (TPSA) is 31.8 Å². The van der Waals surface area contributed by atoms with Gasteiger partial charge in [0.05, 0.1) is 22.1 Å². The second-order valence-corrected chi connectivity index (χ2v) is 13.2. The van der Waals surface area contributed by atoms with Crippen molar-refractivity contribution in [3.8, 4) is 22.3 Å². The van der Waals surface area contributed by atoms with Crippen molar-refractivity contribution in [2.75, 3.05) is 10.6 Å². The molecule has 0 saturated carbocycles. The number of anilines is 2. The number of aromatic nitrogens is 2. The average Bonchev–Trinajstić information content (AvgIpc) is 3.18. The van der Waals surface area contributed by atoms with Crippen molar-refractivity contribution in [2.45, 2.75) is 26.2 Å². The van der Waals surface area contributed by atoms with Crippen molar-refractivity contribution in [1.82, 2.24) is 0 Å². The van der Waals surface area contributed by atoms with Gasteiger partial charge in [0.2, 0.25) is 11.0 Å². The van der Waals surface area contributed by atoms with Gasteiger partial charge < -0.3 is 10.6 Å². The highest BCUT2D eigenvalue weighted by Gasteiger charge is 2.15. The molecule has 8 aromatic rings. The van der Waals surface area contributed by atoms with Gasteiger partial charge >= 0.3 is 0 Å². The van der Waals surface area contributed by atoms with Crippen LogP contribution in [-0.4, -0.2) is 0 Å². The molecule has 4 nitrogen and oxygen atoms in total. The first kappa shape index (κ1) is 29.8. The molecule has 2 aromatic heterocycles. The average molecular weight is 647 g/mol. The third-order valence-corrected chi connectivity index (χ3v) is 10.0. The molecule has 14 aliphatic rings. The molecule has 2 N–H and O–H groups in total. The van der Waals surface area contributed by atoms with Gasteiger partial charge in [-0.1, -0.05) is 121 Å². The molecule has 6 aromatic carbocycles. The zero-order valence-electron chi connectivity index (χ0n) is 27.9. The van der Waals surface area contributed by atoms with Crippen LogP contribution in [0.15, 0.2) is 170 Å². The van der Waals surface area contributed by atoms with Crippen molar-refractivity contribution in [3.05, 3.63) is 192 Å². The van der Waals surface area contributed by atoms with Crippen molar-refractivity contribution in [3.63, 3.8) is 0 Å². The summed E-state index contributed by atoms with van der Waals surface area (Å²) >= 11 is 0. The first-order valence-corrected chi connectivity index (χ1v) is 17.4. The van der Waals surface area contributed by atoms with Crippen molar-refractivity contribution >= 4 is 33.2 Å². The van der Waals surface area contributed by atoms with E-state index >= 15 is 0 Å². The smallest absolute Gasteiger partial charge is 0.214 e. The number of benzene rings is 6. The maximum absolute atomic E-state index is 3.71. The summed E-state index contributed by atoms with van der Waals surface area (Å²) in [5.41, 5.74) is 14.7. The molecule has 240 valence electrons. The normalized spacial score (nSPS) is 12.8. The van der Waals surface area contributed by atoms with Gasteiger partial charge in [-0.15, -0.1) is 0 Å². The summed E-state index contributed by atoms with van der Waals surface area (Å²) in [7, 11) is 0. The summed E-state index contributed by atoms with van der Waals surface area (Å²) in [4.78, 5) is 0. The summed E-state index contributed by atoms with van der Waals surface area (Å²) in [5.74, 6) is 0. The van der Waals surface area contributed by atoms with E-state index in [1.165, 1.54) is 66.3 Å². The number of pyridine rings is 2. The highest BCUT2D eigenvalue weighted by atomic mass is 15.0. The van der Waals surface area contributed by atoms with Gasteiger partial charge in [0.15, 0.2) is 25.5 Å². The van der Waals surface area contributed by atoms with Gasteiger partial charge in [-0.3, -0.25) is 0 Å². The molecule has 0 unspecified atom stereocenters. The van der Waals surface area contributed by atoms with Crippen LogP contribution < -0.4 is 19.8 Å². The SMILES string of the molecule is c1ccc2c(c1)c1cc[n+]2Cc2ccc(cc2)-c2ccc(cc2)C[n+]2ccc(c3ccccc32)NCc2ccc(cc2)-c2ccc(cc2)CN1. The fraction of sp³-hybridized carbons (Fsp3) is 0.0870. The molecule has 0 radical (unpaired) electrons. The number of nitrogens with one attached hydrogen (secondary N) is 2. The molecule has 12 bridgehead atoms. The minimum Gasteiger partial charge on any atom is -0.380 e. The molecule has 0 spiro atoms. The van der Waals surface area contributed by atoms with E-state index in [2.05, 4.69) is 190 Å². The third-order valence-electron chi connectivity index (χ3n) is 10.0. The summed E-state index contributed by atoms with van der Waals surface area (Å²) < 4.78 is 4.68. The van der Waals surface area contributed by atoms with Crippen LogP contribution in [0.2, 0.25) is 0 Å². The van der Waals surface area contributed by atoms with E-state index in [1.807, 2.05) is 0 Å². The van der Waals surface area contributed by atoms with Gasteiger partial charge in [-0.2, -0.15) is 9.13 Å². The molecule has 0 atom stereocenters. The largest absolute Gasteiger partial charge is 0.380 e. The molecular weight excluding hydrogens is 609 g/mol. The Morgan fingerprint density at radius 1 is 0.340 bits per heavy atom. The highest BCUT2D eigenvalue weighted by Crippen LogP contribution is 2.26. The Kier molecular flexibility index (Phi) is 7.75. The zero-order chi connectivity index (χ0) is 33.3. The second kappa shape index (κ2) is 13.0. The van der Waals surface area contributed by atoms with Crippen molar-refractivity contribution in [2.24, 2.45) is 0 Å². The van der Waals surface area contributed by atoms with Crippen LogP contribution >= 0.6 is 0 Å². The van der Waals surface area contributed by atoms with Crippen LogP contribution in [0.25, 0.3) is 44.1 Å². The van der Waals surface area contributed by atoms with E-state index in [9.17, 15) is 0 Å². The maximum Gasteiger partial charge on any atom is 0.214 e. The van der Waals surface area contributed by atoms with Gasteiger partial charge in [-0.05, 0) is 45.5 Å². The van der Waals surface area contributed by atoms with Crippen LogP contribution in [0.1, 0.15) is 22.3 Å². The fourth-order valence-electron chi connectivity index (χ4n) is 7.18. The predicted octanol–water partition coefficient (Wildman–Crippen LogP) is 9.54. The molecular formula is C46H38N4+2. The summed E-state index contributed by atoms with van der Waals surface area (Å²) in [6.45, 7) is 3.13. The van der Waals surface area contributed by atoms with E-state index in [-0.39, 0.29) is 0 Å². The molecule has 0 amide bonds. The Hall–Kier alpha value is -6.26. The lowest BCUT2D eigenvalue weighted by molar-refractivity contribution is -0.662. The fourth-order valence-corrected chi connectivity index (χ4v) is 7.18. The first-order chi connectivity index (χ1) is 24.7. The number of hydrogen-bond donors (Lipinski definition) is 2. The minimum absolute atomic E-state index is 0.759. The number of nitrogens with zero attached hydrogens (tertiary/aromatic N) is 2. The van der Waals surface area contributed by atoms with Crippen LogP contribution in [0, 0.1) is 0 Å². The lowest BCUT2D eigenvalue weighted by Gasteiger charge is -2.12. The van der Waals surface area contributed by atoms with E-state index in [4.69, 9.17) is 0 Å². The van der Waals surface area contributed by atoms with Crippen LogP contribution in [0.4, 0.5) is 11.4 Å². The van der Waals surface area contributed by atoms with E-state index in [0.29, 0.717) is 0 Å². The van der Waals surface area contributed by atoms with Crippen molar-refractivity contribution in [1.29, 1.82) is 0 Å². The van der Waals surface area contributed by atoms with E-state index < -0.39 is 0 Å². The molecule has 14 aliphatic heterocycles. The maximum atomic E-state index is 3.71. The molecule has 50 heavy (non-hydrogen) atoms. The number of hydrogen-bond acceptors (Lipinski definition) is 2. The van der Waals surface area contributed by atoms with Gasteiger partial charge in [0.1, 0.15) is 0 Å². The Labute approximate surface area is 292 Å². The number of rotatable bonds is 0. The van der Waals surface area contributed by atoms with Gasteiger partial charge in [-0.25, -0.2) is 0 Å². The predicted molar refractivity (Wildman–Crippen MR) is 205 cm³/mol. The van der Waals surface area contributed by atoms with E-state index in [1.54, 1.807) is 0 Å². The summed E-state index contributed by atoms with van der Waals surface area (Å²) in [6.07, 6.45) is 4.40.